The Labute approximate surface area is 201 Å². The fourth-order valence-electron chi connectivity index (χ4n) is 2.44. The molecule has 34 heavy (non-hydrogen) atoms. The lowest BCUT2D eigenvalue weighted by Crippen LogP contribution is -2.26. The Morgan fingerprint density at radius 3 is 2.50 bits per heavy atom. The van der Waals surface area contributed by atoms with E-state index in [9.17, 15) is 14.9 Å². The average molecular weight is 495 g/mol. The molecule has 2 rings (SSSR count). The van der Waals surface area contributed by atoms with Gasteiger partial charge >= 0.3 is 5.97 Å². The summed E-state index contributed by atoms with van der Waals surface area (Å²) in [5, 5.41) is 42.3. The predicted octanol–water partition coefficient (Wildman–Crippen LogP) is 2.65. The van der Waals surface area contributed by atoms with Crippen molar-refractivity contribution in [2.75, 3.05) is 33.4 Å². The number of nitro groups is 1. The van der Waals surface area contributed by atoms with Gasteiger partial charge in [-0.05, 0) is 50.0 Å². The van der Waals surface area contributed by atoms with Crippen LogP contribution in [0.3, 0.4) is 0 Å². The number of hydrogen-bond acceptors (Lipinski definition) is 10. The lowest BCUT2D eigenvalue weighted by Gasteiger charge is -2.07. The van der Waals surface area contributed by atoms with Gasteiger partial charge in [-0.2, -0.15) is 11.8 Å². The number of nitrogens with one attached hydrogen (secondary N) is 2. The van der Waals surface area contributed by atoms with Crippen molar-refractivity contribution in [1.29, 1.82) is 0 Å². The van der Waals surface area contributed by atoms with Gasteiger partial charge in [0.15, 0.2) is 17.3 Å². The third-order valence-corrected chi connectivity index (χ3v) is 4.90. The van der Waals surface area contributed by atoms with Crippen LogP contribution in [0.2, 0.25) is 0 Å². The molecule has 0 bridgehead atoms. The van der Waals surface area contributed by atoms with Gasteiger partial charge in [0.1, 0.15) is 11.5 Å². The summed E-state index contributed by atoms with van der Waals surface area (Å²) in [6.07, 6.45) is 3.19. The summed E-state index contributed by atoms with van der Waals surface area (Å²) in [5.41, 5.74) is 0.512. The normalized spacial score (nSPS) is 11.2. The molecule has 0 atom stereocenters. The van der Waals surface area contributed by atoms with Gasteiger partial charge in [-0.3, -0.25) is 10.1 Å². The first-order valence-corrected chi connectivity index (χ1v) is 11.3. The van der Waals surface area contributed by atoms with Gasteiger partial charge in [-0.15, -0.1) is 0 Å². The van der Waals surface area contributed by atoms with Gasteiger partial charge in [-0.25, -0.2) is 4.79 Å². The standard InChI is InChI=1S/C13H22N4O3S.C9H8O4/c1-14-13(9-17(18)19)15-6-7-21-10-12-5-4-11(20-12)8-16(2)3;10-7-3-1-6(5-8(7)11)2-4-9(12)13/h4-5,9,14-15H,6-8,10H2,1-3H3;1-5,10-11H,(H,12,13). The van der Waals surface area contributed by atoms with Gasteiger partial charge in [0.05, 0.1) is 17.2 Å². The molecule has 12 heteroatoms. The molecule has 0 aliphatic rings. The van der Waals surface area contributed by atoms with Crippen LogP contribution in [0.15, 0.2) is 52.8 Å². The zero-order valence-electron chi connectivity index (χ0n) is 19.2. The molecule has 0 aliphatic carbocycles. The van der Waals surface area contributed by atoms with Crippen molar-refractivity contribution < 1.29 is 29.5 Å². The van der Waals surface area contributed by atoms with Crippen LogP contribution in [0.25, 0.3) is 6.08 Å². The number of aromatic hydroxyl groups is 2. The highest BCUT2D eigenvalue weighted by atomic mass is 32.2. The molecule has 0 radical (unpaired) electrons. The summed E-state index contributed by atoms with van der Waals surface area (Å²) in [6, 6.07) is 8.04. The molecule has 0 aliphatic heterocycles. The van der Waals surface area contributed by atoms with E-state index in [-0.39, 0.29) is 11.5 Å². The largest absolute Gasteiger partial charge is 0.504 e. The number of furan rings is 1. The van der Waals surface area contributed by atoms with Crippen LogP contribution in [0.1, 0.15) is 17.1 Å². The first-order valence-electron chi connectivity index (χ1n) is 10.1. The SMILES string of the molecule is CNC(=C[N+](=O)[O-])NCCSCc1ccc(CN(C)C)o1.O=C(O)C=Cc1ccc(O)c(O)c1. The van der Waals surface area contributed by atoms with Crippen molar-refractivity contribution in [3.8, 4) is 11.5 Å². The van der Waals surface area contributed by atoms with E-state index in [1.165, 1.54) is 24.3 Å². The molecule has 0 saturated carbocycles. The summed E-state index contributed by atoms with van der Waals surface area (Å²) in [5.74, 6) is 2.38. The molecular weight excluding hydrogens is 464 g/mol. The van der Waals surface area contributed by atoms with Crippen LogP contribution >= 0.6 is 11.8 Å². The van der Waals surface area contributed by atoms with Crippen LogP contribution < -0.4 is 10.6 Å². The number of phenols is 2. The van der Waals surface area contributed by atoms with Crippen molar-refractivity contribution in [2.24, 2.45) is 0 Å². The second-order valence-electron chi connectivity index (χ2n) is 7.08. The minimum Gasteiger partial charge on any atom is -0.504 e. The highest BCUT2D eigenvalue weighted by Gasteiger charge is 2.04. The molecule has 2 aromatic rings. The Balaban J connectivity index is 0.000000380. The Bertz CT molecular complexity index is 989. The molecule has 0 amide bonds. The number of carbonyl (C=O) groups is 1. The Kier molecular flexibility index (Phi) is 12.7. The second kappa shape index (κ2) is 15.2. The third-order valence-electron chi connectivity index (χ3n) is 3.92. The van der Waals surface area contributed by atoms with Crippen LogP contribution in [0.4, 0.5) is 0 Å². The maximum atomic E-state index is 10.3. The van der Waals surface area contributed by atoms with Gasteiger partial charge in [0.2, 0.25) is 0 Å². The second-order valence-corrected chi connectivity index (χ2v) is 8.19. The van der Waals surface area contributed by atoms with Gasteiger partial charge in [0, 0.05) is 25.4 Å². The van der Waals surface area contributed by atoms with E-state index < -0.39 is 10.9 Å². The quantitative estimate of drug-likeness (QED) is 0.0969. The number of thioether (sulfide) groups is 1. The zero-order valence-corrected chi connectivity index (χ0v) is 20.0. The molecule has 0 fully saturated rings. The number of hydrogen-bond donors (Lipinski definition) is 5. The van der Waals surface area contributed by atoms with E-state index in [2.05, 4.69) is 15.5 Å². The lowest BCUT2D eigenvalue weighted by molar-refractivity contribution is -0.404. The maximum absolute atomic E-state index is 10.3. The zero-order chi connectivity index (χ0) is 25.5. The molecule has 0 spiro atoms. The van der Waals surface area contributed by atoms with Crippen LogP contribution in [0.5, 0.6) is 11.5 Å². The van der Waals surface area contributed by atoms with Crippen LogP contribution in [0, 0.1) is 10.1 Å². The fourth-order valence-corrected chi connectivity index (χ4v) is 3.19. The van der Waals surface area contributed by atoms with E-state index in [1.807, 2.05) is 26.2 Å². The topological polar surface area (TPSA) is 161 Å². The van der Waals surface area contributed by atoms with Crippen molar-refractivity contribution in [1.82, 2.24) is 15.5 Å². The number of rotatable bonds is 12. The maximum Gasteiger partial charge on any atom is 0.328 e. The van der Waals surface area contributed by atoms with E-state index in [0.29, 0.717) is 17.9 Å². The van der Waals surface area contributed by atoms with Crippen LogP contribution in [-0.4, -0.2) is 64.6 Å². The van der Waals surface area contributed by atoms with Crippen molar-refractivity contribution in [3.05, 3.63) is 75.6 Å². The van der Waals surface area contributed by atoms with E-state index in [0.717, 1.165) is 41.8 Å². The van der Waals surface area contributed by atoms with Crippen molar-refractivity contribution >= 4 is 23.8 Å². The number of nitrogens with zero attached hydrogens (tertiary/aromatic N) is 2. The first kappa shape index (κ1) is 28.4. The average Bonchev–Trinajstić information content (AvgIpc) is 3.20. The fraction of sp³-hybridized carbons (Fsp3) is 0.318. The summed E-state index contributed by atoms with van der Waals surface area (Å²) in [6.45, 7) is 1.44. The number of carboxylic acids is 1. The molecule has 1 aromatic carbocycles. The van der Waals surface area contributed by atoms with E-state index >= 15 is 0 Å². The lowest BCUT2D eigenvalue weighted by atomic mass is 10.2. The minimum absolute atomic E-state index is 0.229. The van der Waals surface area contributed by atoms with Gasteiger partial charge in [-0.1, -0.05) is 6.07 Å². The van der Waals surface area contributed by atoms with Crippen molar-refractivity contribution in [3.63, 3.8) is 0 Å². The summed E-state index contributed by atoms with van der Waals surface area (Å²) < 4.78 is 5.70. The van der Waals surface area contributed by atoms with Gasteiger partial charge in [0.25, 0.3) is 6.20 Å². The minimum atomic E-state index is -1.06. The Hall–Kier alpha value is -3.64. The molecule has 1 heterocycles. The molecule has 186 valence electrons. The smallest absolute Gasteiger partial charge is 0.328 e. The third kappa shape index (κ3) is 12.4. The van der Waals surface area contributed by atoms with Crippen LogP contribution in [-0.2, 0) is 17.1 Å². The van der Waals surface area contributed by atoms with E-state index in [1.54, 1.807) is 18.8 Å². The number of carboxylic acid groups (broad SMARTS) is 1. The van der Waals surface area contributed by atoms with Crippen molar-refractivity contribution in [2.45, 2.75) is 12.3 Å². The first-order chi connectivity index (χ1) is 16.1. The molecule has 11 nitrogen and oxygen atoms in total. The Morgan fingerprint density at radius 2 is 1.91 bits per heavy atom. The monoisotopic (exact) mass is 494 g/mol. The molecule has 1 aromatic heterocycles. The summed E-state index contributed by atoms with van der Waals surface area (Å²) in [4.78, 5) is 22.0. The number of benzene rings is 1. The molecular formula is C22H30N4O7S. The molecule has 5 N–H and O–H groups in total. The van der Waals surface area contributed by atoms with E-state index in [4.69, 9.17) is 19.7 Å². The molecule has 0 saturated heterocycles. The predicted molar refractivity (Wildman–Crippen MR) is 131 cm³/mol. The summed E-state index contributed by atoms with van der Waals surface area (Å²) in [7, 11) is 5.64. The van der Waals surface area contributed by atoms with Gasteiger partial charge < -0.3 is 35.3 Å². The molecule has 0 unspecified atom stereocenters. The highest BCUT2D eigenvalue weighted by Crippen LogP contribution is 2.25. The summed E-state index contributed by atoms with van der Waals surface area (Å²) >= 11 is 1.72. The Morgan fingerprint density at radius 1 is 1.21 bits per heavy atom. The number of phenolic OH excluding ortho intramolecular Hbond substituents is 2. The number of aliphatic carboxylic acids is 1. The highest BCUT2D eigenvalue weighted by molar-refractivity contribution is 7.98.